The number of benzene rings is 1. The molecule has 1 aromatic carbocycles. The van der Waals surface area contributed by atoms with Crippen molar-refractivity contribution in [1.29, 1.82) is 0 Å². The summed E-state index contributed by atoms with van der Waals surface area (Å²) in [6.45, 7) is 0. The van der Waals surface area contributed by atoms with Crippen LogP contribution in [0.25, 0.3) is 0 Å². The number of nitrogens with zero attached hydrogens (tertiary/aromatic N) is 2. The first-order valence-electron chi connectivity index (χ1n) is 3.96. The number of carbonyl (C=O) groups is 1. The number of carbonyl (C=O) groups excluding carboxylic acids is 1. The molecular weight excluding hydrogens is 222 g/mol. The molecule has 0 N–H and O–H groups in total. The molecule has 0 radical (unpaired) electrons. The predicted molar refractivity (Wildman–Crippen MR) is 49.7 cm³/mol. The minimum Gasteiger partial charge on any atom is -0.287 e. The smallest absolute Gasteiger partial charge is 0.214 e. The standard InChI is InChI=1S/C9H4F2N2OS/c10-6-2-1-5(3-7(6)11)9(14)8-4-12-15-13-8/h1-4H. The predicted octanol–water partition coefficient (Wildman–Crippen LogP) is 2.05. The van der Waals surface area contributed by atoms with Gasteiger partial charge in [0.15, 0.2) is 11.6 Å². The van der Waals surface area contributed by atoms with Gasteiger partial charge in [0, 0.05) is 5.56 Å². The average molecular weight is 226 g/mol. The van der Waals surface area contributed by atoms with Crippen LogP contribution in [0.2, 0.25) is 0 Å². The topological polar surface area (TPSA) is 42.9 Å². The zero-order chi connectivity index (χ0) is 10.8. The summed E-state index contributed by atoms with van der Waals surface area (Å²) in [5.74, 6) is -2.50. The highest BCUT2D eigenvalue weighted by Crippen LogP contribution is 2.12. The van der Waals surface area contributed by atoms with Crippen molar-refractivity contribution in [2.45, 2.75) is 0 Å². The van der Waals surface area contributed by atoms with Gasteiger partial charge in [-0.05, 0) is 18.2 Å². The van der Waals surface area contributed by atoms with Crippen LogP contribution in [-0.2, 0) is 0 Å². The van der Waals surface area contributed by atoms with Gasteiger partial charge in [-0.3, -0.25) is 4.79 Å². The van der Waals surface area contributed by atoms with E-state index in [1.807, 2.05) is 0 Å². The number of hydrogen-bond donors (Lipinski definition) is 0. The fraction of sp³-hybridized carbons (Fsp3) is 0. The lowest BCUT2D eigenvalue weighted by Crippen LogP contribution is -2.02. The van der Waals surface area contributed by atoms with Crippen LogP contribution in [0.1, 0.15) is 16.1 Å². The Morgan fingerprint density at radius 3 is 2.67 bits per heavy atom. The molecule has 1 heterocycles. The summed E-state index contributed by atoms with van der Waals surface area (Å²) in [5.41, 5.74) is 0.188. The summed E-state index contributed by atoms with van der Waals surface area (Å²) >= 11 is 0.881. The number of rotatable bonds is 2. The molecule has 0 fully saturated rings. The number of hydrogen-bond acceptors (Lipinski definition) is 4. The molecule has 0 aliphatic heterocycles. The molecule has 0 atom stereocenters. The number of aromatic nitrogens is 2. The maximum atomic E-state index is 12.8. The van der Waals surface area contributed by atoms with Crippen molar-refractivity contribution >= 4 is 17.5 Å². The van der Waals surface area contributed by atoms with Crippen molar-refractivity contribution < 1.29 is 13.6 Å². The minimum atomic E-state index is -1.05. The van der Waals surface area contributed by atoms with Crippen LogP contribution in [0.4, 0.5) is 8.78 Å². The van der Waals surface area contributed by atoms with E-state index < -0.39 is 17.4 Å². The van der Waals surface area contributed by atoms with Crippen LogP contribution < -0.4 is 0 Å². The lowest BCUT2D eigenvalue weighted by Gasteiger charge is -1.97. The highest BCUT2D eigenvalue weighted by molar-refractivity contribution is 6.99. The first kappa shape index (κ1) is 9.85. The maximum absolute atomic E-state index is 12.8. The summed E-state index contributed by atoms with van der Waals surface area (Å²) in [4.78, 5) is 11.6. The van der Waals surface area contributed by atoms with E-state index in [2.05, 4.69) is 8.75 Å². The van der Waals surface area contributed by atoms with E-state index in [9.17, 15) is 13.6 Å². The van der Waals surface area contributed by atoms with Crippen LogP contribution in [0, 0.1) is 11.6 Å². The summed E-state index contributed by atoms with van der Waals surface area (Å²) < 4.78 is 32.8. The van der Waals surface area contributed by atoms with Gasteiger partial charge in [-0.2, -0.15) is 8.75 Å². The molecule has 2 aromatic rings. The highest BCUT2D eigenvalue weighted by atomic mass is 32.1. The van der Waals surface area contributed by atoms with Gasteiger partial charge in [0.25, 0.3) is 0 Å². The SMILES string of the molecule is O=C(c1ccc(F)c(F)c1)c1cnsn1. The molecule has 0 spiro atoms. The van der Waals surface area contributed by atoms with Gasteiger partial charge in [-0.15, -0.1) is 0 Å². The molecule has 6 heteroatoms. The first-order valence-corrected chi connectivity index (χ1v) is 4.69. The molecule has 0 unspecified atom stereocenters. The Labute approximate surface area is 87.7 Å². The van der Waals surface area contributed by atoms with E-state index in [1.54, 1.807) is 0 Å². The molecule has 76 valence electrons. The van der Waals surface area contributed by atoms with Gasteiger partial charge in [0.2, 0.25) is 5.78 Å². The van der Waals surface area contributed by atoms with Gasteiger partial charge in [-0.25, -0.2) is 8.78 Å². The second-order valence-electron chi connectivity index (χ2n) is 2.75. The van der Waals surface area contributed by atoms with E-state index >= 15 is 0 Å². The Hall–Kier alpha value is -1.69. The third-order valence-corrected chi connectivity index (χ3v) is 2.25. The molecule has 0 saturated carbocycles. The molecule has 0 amide bonds. The van der Waals surface area contributed by atoms with Crippen molar-refractivity contribution in [2.24, 2.45) is 0 Å². The van der Waals surface area contributed by atoms with Gasteiger partial charge < -0.3 is 0 Å². The Kier molecular flexibility index (Phi) is 2.51. The first-order chi connectivity index (χ1) is 7.18. The zero-order valence-electron chi connectivity index (χ0n) is 7.28. The monoisotopic (exact) mass is 226 g/mol. The third-order valence-electron chi connectivity index (χ3n) is 1.78. The fourth-order valence-corrected chi connectivity index (χ4v) is 1.46. The molecule has 15 heavy (non-hydrogen) atoms. The van der Waals surface area contributed by atoms with Crippen molar-refractivity contribution in [1.82, 2.24) is 8.75 Å². The van der Waals surface area contributed by atoms with Crippen LogP contribution in [0.5, 0.6) is 0 Å². The second kappa shape index (κ2) is 3.82. The molecular formula is C9H4F2N2OS. The second-order valence-corrected chi connectivity index (χ2v) is 3.31. The van der Waals surface area contributed by atoms with E-state index in [0.29, 0.717) is 0 Å². The van der Waals surface area contributed by atoms with Crippen molar-refractivity contribution in [3.8, 4) is 0 Å². The van der Waals surface area contributed by atoms with Crippen molar-refractivity contribution in [3.63, 3.8) is 0 Å². The van der Waals surface area contributed by atoms with Gasteiger partial charge in [-0.1, -0.05) is 0 Å². The average Bonchev–Trinajstić information content (AvgIpc) is 2.74. The summed E-state index contributed by atoms with van der Waals surface area (Å²) in [6.07, 6.45) is 1.29. The Morgan fingerprint density at radius 2 is 2.07 bits per heavy atom. The van der Waals surface area contributed by atoms with Gasteiger partial charge >= 0.3 is 0 Å². The summed E-state index contributed by atoms with van der Waals surface area (Å²) in [5, 5.41) is 0. The number of halogens is 2. The van der Waals surface area contributed by atoms with Crippen molar-refractivity contribution in [3.05, 3.63) is 47.3 Å². The molecule has 0 aliphatic carbocycles. The van der Waals surface area contributed by atoms with Crippen LogP contribution >= 0.6 is 11.7 Å². The highest BCUT2D eigenvalue weighted by Gasteiger charge is 2.13. The molecule has 3 nitrogen and oxygen atoms in total. The van der Waals surface area contributed by atoms with Gasteiger partial charge in [0.05, 0.1) is 17.9 Å². The van der Waals surface area contributed by atoms with E-state index in [4.69, 9.17) is 0 Å². The Balaban J connectivity index is 2.39. The quantitative estimate of drug-likeness (QED) is 0.736. The van der Waals surface area contributed by atoms with Crippen LogP contribution in [-0.4, -0.2) is 14.5 Å². The molecule has 1 aromatic heterocycles. The largest absolute Gasteiger partial charge is 0.287 e. The van der Waals surface area contributed by atoms with E-state index in [1.165, 1.54) is 12.3 Å². The molecule has 0 aliphatic rings. The third kappa shape index (κ3) is 1.89. The summed E-state index contributed by atoms with van der Waals surface area (Å²) in [7, 11) is 0. The minimum absolute atomic E-state index is 0.0570. The maximum Gasteiger partial charge on any atom is 0.214 e. The lowest BCUT2D eigenvalue weighted by atomic mass is 10.1. The Bertz CT molecular complexity index is 499. The van der Waals surface area contributed by atoms with Gasteiger partial charge in [0.1, 0.15) is 5.69 Å². The summed E-state index contributed by atoms with van der Waals surface area (Å²) in [6, 6.07) is 2.96. The molecule has 2 rings (SSSR count). The van der Waals surface area contributed by atoms with Crippen LogP contribution in [0.3, 0.4) is 0 Å². The molecule has 0 saturated heterocycles. The van der Waals surface area contributed by atoms with Crippen LogP contribution in [0.15, 0.2) is 24.4 Å². The van der Waals surface area contributed by atoms with E-state index in [-0.39, 0.29) is 11.3 Å². The normalized spacial score (nSPS) is 10.3. The fourth-order valence-electron chi connectivity index (χ4n) is 1.05. The Morgan fingerprint density at radius 1 is 1.27 bits per heavy atom. The van der Waals surface area contributed by atoms with Crippen molar-refractivity contribution in [2.75, 3.05) is 0 Å². The molecule has 0 bridgehead atoms. The lowest BCUT2D eigenvalue weighted by molar-refractivity contribution is 0.103. The zero-order valence-corrected chi connectivity index (χ0v) is 8.09. The van der Waals surface area contributed by atoms with E-state index in [0.717, 1.165) is 23.9 Å². The number of ketones is 1.